The summed E-state index contributed by atoms with van der Waals surface area (Å²) in [7, 11) is 0. The first-order chi connectivity index (χ1) is 9.34. The number of nitrogens with zero attached hydrogens (tertiary/aromatic N) is 1. The zero-order chi connectivity index (χ0) is 13.1. The van der Waals surface area contributed by atoms with Crippen molar-refractivity contribution in [1.82, 2.24) is 10.6 Å². The van der Waals surface area contributed by atoms with Crippen LogP contribution in [0.25, 0.3) is 0 Å². The number of nitrogens with one attached hydrogen (secondary N) is 3. The van der Waals surface area contributed by atoms with E-state index in [-0.39, 0.29) is 11.8 Å². The van der Waals surface area contributed by atoms with Crippen molar-refractivity contribution in [3.63, 3.8) is 0 Å². The molecule has 5 heteroatoms. The first-order valence-electron chi connectivity index (χ1n) is 6.76. The Labute approximate surface area is 112 Å². The number of hydrogen-bond donors (Lipinski definition) is 3. The molecular weight excluding hydrogens is 240 g/mol. The van der Waals surface area contributed by atoms with Gasteiger partial charge < -0.3 is 16.0 Å². The minimum atomic E-state index is -0.0482. The molecule has 2 aliphatic rings. The average molecular weight is 258 g/mol. The Kier molecular flexibility index (Phi) is 3.35. The van der Waals surface area contributed by atoms with Gasteiger partial charge in [0.05, 0.1) is 5.92 Å². The molecule has 1 amide bonds. The molecular formula is C14H18N4O. The molecule has 1 aromatic rings. The lowest BCUT2D eigenvalue weighted by Gasteiger charge is -2.17. The molecule has 5 nitrogen and oxygen atoms in total. The lowest BCUT2D eigenvalue weighted by atomic mass is 9.97. The Morgan fingerprint density at radius 1 is 1.37 bits per heavy atom. The molecule has 0 spiro atoms. The monoisotopic (exact) mass is 258 g/mol. The number of anilines is 1. The molecule has 0 bridgehead atoms. The Morgan fingerprint density at radius 2 is 2.26 bits per heavy atom. The number of hydrogen-bond acceptors (Lipinski definition) is 4. The van der Waals surface area contributed by atoms with Gasteiger partial charge >= 0.3 is 0 Å². The fraction of sp³-hybridized carbons (Fsp3) is 0.429. The minimum Gasteiger partial charge on any atom is -0.356 e. The third kappa shape index (κ3) is 2.54. The Morgan fingerprint density at radius 3 is 3.11 bits per heavy atom. The maximum Gasteiger partial charge on any atom is 0.232 e. The molecule has 3 rings (SSSR count). The minimum absolute atomic E-state index is 0.0482. The molecule has 2 aliphatic heterocycles. The highest BCUT2D eigenvalue weighted by molar-refractivity contribution is 6.02. The quantitative estimate of drug-likeness (QED) is 0.759. The van der Waals surface area contributed by atoms with Gasteiger partial charge in [0.2, 0.25) is 5.91 Å². The second-order valence-corrected chi connectivity index (χ2v) is 4.86. The van der Waals surface area contributed by atoms with Crippen molar-refractivity contribution in [1.29, 1.82) is 0 Å². The number of para-hydroxylation sites is 1. The lowest BCUT2D eigenvalue weighted by Crippen LogP contribution is -2.41. The molecule has 0 saturated carbocycles. The van der Waals surface area contributed by atoms with Gasteiger partial charge in [-0.05, 0) is 24.5 Å². The van der Waals surface area contributed by atoms with Crippen LogP contribution in [0, 0.1) is 0 Å². The fourth-order valence-electron chi connectivity index (χ4n) is 2.55. The van der Waals surface area contributed by atoms with Gasteiger partial charge in [-0.1, -0.05) is 18.2 Å². The number of amides is 1. The summed E-state index contributed by atoms with van der Waals surface area (Å²) in [5, 5.41) is 9.40. The molecule has 0 radical (unpaired) electrons. The number of benzene rings is 1. The van der Waals surface area contributed by atoms with E-state index in [9.17, 15) is 4.79 Å². The summed E-state index contributed by atoms with van der Waals surface area (Å²) in [4.78, 5) is 16.3. The summed E-state index contributed by atoms with van der Waals surface area (Å²) in [6.45, 7) is 2.60. The van der Waals surface area contributed by atoms with Crippen LogP contribution in [0.4, 0.5) is 5.69 Å². The fourth-order valence-corrected chi connectivity index (χ4v) is 2.55. The van der Waals surface area contributed by atoms with Crippen LogP contribution in [0.15, 0.2) is 29.3 Å². The summed E-state index contributed by atoms with van der Waals surface area (Å²) in [6, 6.07) is 7.90. The van der Waals surface area contributed by atoms with Crippen LogP contribution in [-0.2, 0) is 4.79 Å². The third-order valence-corrected chi connectivity index (χ3v) is 3.53. The van der Waals surface area contributed by atoms with Gasteiger partial charge in [0, 0.05) is 25.3 Å². The lowest BCUT2D eigenvalue weighted by molar-refractivity contribution is -0.117. The summed E-state index contributed by atoms with van der Waals surface area (Å²) in [5.74, 6) is 0.910. The van der Waals surface area contributed by atoms with Crippen LogP contribution in [0.2, 0.25) is 0 Å². The van der Waals surface area contributed by atoms with E-state index in [1.807, 2.05) is 24.3 Å². The van der Waals surface area contributed by atoms with Crippen molar-refractivity contribution < 1.29 is 4.79 Å². The molecule has 0 aromatic heterocycles. The topological polar surface area (TPSA) is 65.5 Å². The van der Waals surface area contributed by atoms with E-state index in [1.165, 1.54) is 0 Å². The van der Waals surface area contributed by atoms with E-state index in [0.29, 0.717) is 0 Å². The van der Waals surface area contributed by atoms with E-state index in [2.05, 4.69) is 20.9 Å². The first kappa shape index (κ1) is 12.0. The van der Waals surface area contributed by atoms with E-state index >= 15 is 0 Å². The summed E-state index contributed by atoms with van der Waals surface area (Å²) < 4.78 is 0. The van der Waals surface area contributed by atoms with Gasteiger partial charge in [0.15, 0.2) is 5.96 Å². The van der Waals surface area contributed by atoms with Gasteiger partial charge in [-0.25, -0.2) is 0 Å². The second-order valence-electron chi connectivity index (χ2n) is 4.86. The number of carbonyl (C=O) groups is 1. The predicted molar refractivity (Wildman–Crippen MR) is 75.4 cm³/mol. The van der Waals surface area contributed by atoms with Crippen molar-refractivity contribution in [3.8, 4) is 0 Å². The third-order valence-electron chi connectivity index (χ3n) is 3.53. The SMILES string of the molecule is O=C1Nc2ccccc2C1CCNC1=NCCCN1. The predicted octanol–water partition coefficient (Wildman–Crippen LogP) is 1.05. The second kappa shape index (κ2) is 5.30. The van der Waals surface area contributed by atoms with Crippen LogP contribution in [-0.4, -0.2) is 31.5 Å². The number of aliphatic imine (C=N–C) groups is 1. The van der Waals surface area contributed by atoms with Crippen molar-refractivity contribution >= 4 is 17.6 Å². The van der Waals surface area contributed by atoms with Crippen molar-refractivity contribution in [2.45, 2.75) is 18.8 Å². The molecule has 0 aliphatic carbocycles. The van der Waals surface area contributed by atoms with Crippen LogP contribution in [0.1, 0.15) is 24.3 Å². The summed E-state index contributed by atoms with van der Waals surface area (Å²) >= 11 is 0. The van der Waals surface area contributed by atoms with Crippen LogP contribution in [0.3, 0.4) is 0 Å². The summed E-state index contributed by atoms with van der Waals surface area (Å²) in [6.07, 6.45) is 1.87. The molecule has 3 N–H and O–H groups in total. The molecule has 0 fully saturated rings. The van der Waals surface area contributed by atoms with Gasteiger partial charge in [-0.15, -0.1) is 0 Å². The largest absolute Gasteiger partial charge is 0.356 e. The van der Waals surface area contributed by atoms with Gasteiger partial charge in [0.25, 0.3) is 0 Å². The number of rotatable bonds is 3. The van der Waals surface area contributed by atoms with Crippen molar-refractivity contribution in [2.24, 2.45) is 4.99 Å². The van der Waals surface area contributed by atoms with Crippen LogP contribution < -0.4 is 16.0 Å². The average Bonchev–Trinajstić information content (AvgIpc) is 2.76. The Hall–Kier alpha value is -2.04. The smallest absolute Gasteiger partial charge is 0.232 e. The highest BCUT2D eigenvalue weighted by atomic mass is 16.2. The van der Waals surface area contributed by atoms with Crippen molar-refractivity contribution in [3.05, 3.63) is 29.8 Å². The summed E-state index contributed by atoms with van der Waals surface area (Å²) in [5.41, 5.74) is 2.05. The normalized spacial score (nSPS) is 21.2. The Balaban J connectivity index is 1.58. The molecule has 1 unspecified atom stereocenters. The highest BCUT2D eigenvalue weighted by Crippen LogP contribution is 2.33. The number of guanidine groups is 1. The molecule has 1 aromatic carbocycles. The number of fused-ring (bicyclic) bond motifs is 1. The molecule has 1 atom stereocenters. The van der Waals surface area contributed by atoms with Crippen LogP contribution in [0.5, 0.6) is 0 Å². The van der Waals surface area contributed by atoms with Gasteiger partial charge in [-0.2, -0.15) is 0 Å². The zero-order valence-electron chi connectivity index (χ0n) is 10.8. The van der Waals surface area contributed by atoms with E-state index < -0.39 is 0 Å². The van der Waals surface area contributed by atoms with E-state index in [4.69, 9.17) is 0 Å². The van der Waals surface area contributed by atoms with Gasteiger partial charge in [0.1, 0.15) is 0 Å². The molecule has 2 heterocycles. The van der Waals surface area contributed by atoms with Crippen LogP contribution >= 0.6 is 0 Å². The van der Waals surface area contributed by atoms with E-state index in [0.717, 1.165) is 49.7 Å². The highest BCUT2D eigenvalue weighted by Gasteiger charge is 2.29. The maximum absolute atomic E-state index is 11.9. The van der Waals surface area contributed by atoms with Crippen molar-refractivity contribution in [2.75, 3.05) is 25.0 Å². The molecule has 19 heavy (non-hydrogen) atoms. The first-order valence-corrected chi connectivity index (χ1v) is 6.76. The van der Waals surface area contributed by atoms with Gasteiger partial charge in [-0.3, -0.25) is 9.79 Å². The molecule has 0 saturated heterocycles. The zero-order valence-corrected chi connectivity index (χ0v) is 10.8. The Bertz CT molecular complexity index is 512. The number of carbonyl (C=O) groups excluding carboxylic acids is 1. The molecule has 100 valence electrons. The standard InChI is InChI=1S/C14H18N4O/c19-13-11(10-4-1-2-5-12(10)18-13)6-9-17-14-15-7-3-8-16-14/h1-2,4-5,11H,3,6-9H2,(H,18,19)(H2,15,16,17). The maximum atomic E-state index is 11.9. The van der Waals surface area contributed by atoms with E-state index in [1.54, 1.807) is 0 Å².